The van der Waals surface area contributed by atoms with E-state index in [1.807, 2.05) is 6.92 Å². The van der Waals surface area contributed by atoms with Gasteiger partial charge in [0.1, 0.15) is 0 Å². The highest BCUT2D eigenvalue weighted by Crippen LogP contribution is 2.29. The van der Waals surface area contributed by atoms with Crippen molar-refractivity contribution in [3.63, 3.8) is 0 Å². The van der Waals surface area contributed by atoms with Crippen LogP contribution in [0.3, 0.4) is 0 Å². The molecule has 0 heterocycles. The summed E-state index contributed by atoms with van der Waals surface area (Å²) < 4.78 is 0. The van der Waals surface area contributed by atoms with Gasteiger partial charge >= 0.3 is 29.8 Å². The van der Waals surface area contributed by atoms with Crippen LogP contribution < -0.4 is 0 Å². The monoisotopic (exact) mass is 474 g/mol. The van der Waals surface area contributed by atoms with Gasteiger partial charge in [-0.2, -0.15) is 0 Å². The molecule has 0 saturated heterocycles. The fourth-order valence-corrected chi connectivity index (χ4v) is 4.00. The lowest BCUT2D eigenvalue weighted by Crippen LogP contribution is -2.33. The van der Waals surface area contributed by atoms with E-state index in [0.717, 1.165) is 19.3 Å². The molecule has 0 amide bonds. The van der Waals surface area contributed by atoms with Gasteiger partial charge in [0.15, 0.2) is 5.92 Å². The minimum absolute atomic E-state index is 0.0122. The molecule has 5 N–H and O–H groups in total. The molecule has 190 valence electrons. The first-order chi connectivity index (χ1) is 15.5. The molecule has 0 fully saturated rings. The van der Waals surface area contributed by atoms with Crippen molar-refractivity contribution >= 4 is 29.8 Å². The van der Waals surface area contributed by atoms with E-state index in [4.69, 9.17) is 10.2 Å². The Bertz CT molecular complexity index is 631. The summed E-state index contributed by atoms with van der Waals surface area (Å²) >= 11 is 0. The van der Waals surface area contributed by atoms with Crippen molar-refractivity contribution in [2.75, 3.05) is 0 Å². The molecular weight excluding hydrogens is 436 g/mol. The summed E-state index contributed by atoms with van der Waals surface area (Å²) in [5.41, 5.74) is 0. The van der Waals surface area contributed by atoms with Gasteiger partial charge in [-0.1, -0.05) is 64.7 Å². The Labute approximate surface area is 194 Å². The lowest BCUT2D eigenvalue weighted by Gasteiger charge is -2.23. The van der Waals surface area contributed by atoms with Crippen molar-refractivity contribution in [1.82, 2.24) is 0 Å². The maximum atomic E-state index is 11.8. The van der Waals surface area contributed by atoms with Crippen molar-refractivity contribution in [3.05, 3.63) is 0 Å². The topological polar surface area (TPSA) is 186 Å². The Kier molecular flexibility index (Phi) is 15.6. The number of carboxylic acid groups (broad SMARTS) is 5. The minimum Gasteiger partial charge on any atom is -0.481 e. The average Bonchev–Trinajstić information content (AvgIpc) is 2.71. The molecule has 0 rings (SSSR count). The van der Waals surface area contributed by atoms with Gasteiger partial charge < -0.3 is 25.5 Å². The van der Waals surface area contributed by atoms with Gasteiger partial charge in [-0.25, -0.2) is 0 Å². The van der Waals surface area contributed by atoms with E-state index < -0.39 is 53.5 Å². The van der Waals surface area contributed by atoms with Crippen LogP contribution >= 0.6 is 0 Å². The molecule has 0 radical (unpaired) electrons. The van der Waals surface area contributed by atoms with Crippen LogP contribution in [-0.4, -0.2) is 55.4 Å². The van der Waals surface area contributed by atoms with Gasteiger partial charge in [0.05, 0.1) is 17.8 Å². The third-order valence-electron chi connectivity index (χ3n) is 6.02. The zero-order chi connectivity index (χ0) is 25.4. The molecule has 10 nitrogen and oxygen atoms in total. The highest BCUT2D eigenvalue weighted by molar-refractivity contribution is 5.92. The maximum absolute atomic E-state index is 11.8. The van der Waals surface area contributed by atoms with Gasteiger partial charge in [0.25, 0.3) is 0 Å². The summed E-state index contributed by atoms with van der Waals surface area (Å²) in [6.07, 6.45) is 6.27. The third-order valence-corrected chi connectivity index (χ3v) is 6.02. The number of aliphatic carboxylic acids is 5. The van der Waals surface area contributed by atoms with Crippen molar-refractivity contribution in [1.29, 1.82) is 0 Å². The normalized spacial score (nSPS) is 13.9. The van der Waals surface area contributed by atoms with Crippen molar-refractivity contribution in [2.24, 2.45) is 23.7 Å². The van der Waals surface area contributed by atoms with Crippen LogP contribution in [-0.2, 0) is 24.0 Å². The molecule has 33 heavy (non-hydrogen) atoms. The molecule has 10 heteroatoms. The summed E-state index contributed by atoms with van der Waals surface area (Å²) in [7, 11) is 0. The fourth-order valence-electron chi connectivity index (χ4n) is 4.00. The number of rotatable bonds is 21. The average molecular weight is 475 g/mol. The predicted octanol–water partition coefficient (Wildman–Crippen LogP) is 3.97. The first-order valence-corrected chi connectivity index (χ1v) is 11.7. The molecule has 0 aromatic heterocycles. The summed E-state index contributed by atoms with van der Waals surface area (Å²) in [6.45, 7) is 2.02. The van der Waals surface area contributed by atoms with Crippen LogP contribution in [0.5, 0.6) is 0 Å². The van der Waals surface area contributed by atoms with E-state index in [0.29, 0.717) is 44.9 Å². The quantitative estimate of drug-likeness (QED) is 0.120. The van der Waals surface area contributed by atoms with Gasteiger partial charge in [0.2, 0.25) is 0 Å². The molecule has 0 bridgehead atoms. The molecule has 3 atom stereocenters. The third kappa shape index (κ3) is 12.8. The number of carboxylic acids is 5. The second-order valence-corrected chi connectivity index (χ2v) is 8.58. The Morgan fingerprint density at radius 3 is 1.42 bits per heavy atom. The molecular formula is C23H38O10. The fraction of sp³-hybridized carbons (Fsp3) is 0.783. The highest BCUT2D eigenvalue weighted by Gasteiger charge is 2.36. The molecule has 0 aromatic carbocycles. The first kappa shape index (κ1) is 30.4. The number of hydrogen-bond acceptors (Lipinski definition) is 5. The largest absolute Gasteiger partial charge is 0.481 e. The SMILES string of the molecule is CCCCCCC(CC(C(=O)O)C(CCCCCCCC(C(=O)O)C(=O)O)C(=O)O)C(=O)O. The van der Waals surface area contributed by atoms with Crippen molar-refractivity contribution in [2.45, 2.75) is 90.4 Å². The van der Waals surface area contributed by atoms with Crippen LogP contribution in [0.1, 0.15) is 90.4 Å². The Hall–Kier alpha value is -2.65. The van der Waals surface area contributed by atoms with E-state index in [-0.39, 0.29) is 19.3 Å². The highest BCUT2D eigenvalue weighted by atomic mass is 16.4. The molecule has 0 aromatic rings. The zero-order valence-corrected chi connectivity index (χ0v) is 19.3. The van der Waals surface area contributed by atoms with E-state index in [9.17, 15) is 39.3 Å². The zero-order valence-electron chi connectivity index (χ0n) is 19.3. The second kappa shape index (κ2) is 16.9. The summed E-state index contributed by atoms with van der Waals surface area (Å²) in [4.78, 5) is 56.8. The van der Waals surface area contributed by atoms with E-state index in [2.05, 4.69) is 0 Å². The van der Waals surface area contributed by atoms with Crippen LogP contribution in [0.25, 0.3) is 0 Å². The summed E-state index contributed by atoms with van der Waals surface area (Å²) in [5, 5.41) is 46.3. The van der Waals surface area contributed by atoms with Crippen LogP contribution in [0, 0.1) is 23.7 Å². The molecule has 0 saturated carbocycles. The van der Waals surface area contributed by atoms with Gasteiger partial charge in [-0.05, 0) is 25.7 Å². The van der Waals surface area contributed by atoms with Crippen molar-refractivity contribution in [3.8, 4) is 0 Å². The molecule has 0 aliphatic carbocycles. The van der Waals surface area contributed by atoms with E-state index in [1.165, 1.54) is 0 Å². The molecule has 0 aliphatic heterocycles. The number of hydrogen-bond donors (Lipinski definition) is 5. The first-order valence-electron chi connectivity index (χ1n) is 11.7. The van der Waals surface area contributed by atoms with Crippen LogP contribution in [0.4, 0.5) is 0 Å². The van der Waals surface area contributed by atoms with E-state index >= 15 is 0 Å². The summed E-state index contributed by atoms with van der Waals surface area (Å²) in [6, 6.07) is 0. The molecule has 3 unspecified atom stereocenters. The van der Waals surface area contributed by atoms with Gasteiger partial charge in [0, 0.05) is 0 Å². The second-order valence-electron chi connectivity index (χ2n) is 8.58. The summed E-state index contributed by atoms with van der Waals surface area (Å²) in [5.74, 6) is -11.3. The Morgan fingerprint density at radius 1 is 0.515 bits per heavy atom. The number of unbranched alkanes of at least 4 members (excludes halogenated alkanes) is 7. The van der Waals surface area contributed by atoms with Crippen LogP contribution in [0.2, 0.25) is 0 Å². The smallest absolute Gasteiger partial charge is 0.317 e. The Morgan fingerprint density at radius 2 is 0.970 bits per heavy atom. The molecule has 0 aliphatic rings. The van der Waals surface area contributed by atoms with Crippen LogP contribution in [0.15, 0.2) is 0 Å². The predicted molar refractivity (Wildman–Crippen MR) is 118 cm³/mol. The maximum Gasteiger partial charge on any atom is 0.317 e. The van der Waals surface area contributed by atoms with Gasteiger partial charge in [-0.3, -0.25) is 24.0 Å². The van der Waals surface area contributed by atoms with Gasteiger partial charge in [-0.15, -0.1) is 0 Å². The lowest BCUT2D eigenvalue weighted by molar-refractivity contribution is -0.156. The van der Waals surface area contributed by atoms with E-state index in [1.54, 1.807) is 0 Å². The lowest BCUT2D eigenvalue weighted by atomic mass is 9.80. The minimum atomic E-state index is -1.44. The van der Waals surface area contributed by atoms with Crippen molar-refractivity contribution < 1.29 is 49.5 Å². The number of carbonyl (C=O) groups is 5. The standard InChI is InChI=1S/C23H38O10/c1-2-3-4-8-11-15(19(24)25)14-18(23(32)33)16(20(26)27)12-9-6-5-7-10-13-17(21(28)29)22(30)31/h15-18H,2-14H2,1H3,(H,24,25)(H,26,27)(H,28,29)(H,30,31)(H,32,33). The molecule has 0 spiro atoms. The Balaban J connectivity index is 4.70.